The topological polar surface area (TPSA) is 81.5 Å². The van der Waals surface area contributed by atoms with E-state index >= 15 is 0 Å². The number of benzene rings is 4. The van der Waals surface area contributed by atoms with Crippen LogP contribution in [-0.2, 0) is 10.5 Å². The lowest BCUT2D eigenvalue weighted by Gasteiger charge is -2.39. The molecule has 0 bridgehead atoms. The molecule has 1 aliphatic heterocycles. The van der Waals surface area contributed by atoms with Crippen LogP contribution in [0.3, 0.4) is 0 Å². The van der Waals surface area contributed by atoms with Crippen LogP contribution < -0.4 is 5.32 Å². The third kappa shape index (κ3) is 2.69. The number of nitrogens with zero attached hydrogens (tertiary/aromatic N) is 1. The van der Waals surface area contributed by atoms with Gasteiger partial charge in [0.05, 0.1) is 10.5 Å². The van der Waals surface area contributed by atoms with Crippen LogP contribution in [0.15, 0.2) is 91.0 Å². The van der Waals surface area contributed by atoms with E-state index in [2.05, 4.69) is 5.32 Å². The molecule has 1 unspecified atom stereocenters. The van der Waals surface area contributed by atoms with Gasteiger partial charge in [0.25, 0.3) is 5.69 Å². The first kappa shape index (κ1) is 17.9. The summed E-state index contributed by atoms with van der Waals surface area (Å²) in [7, 11) is 0. The molecule has 0 spiro atoms. The fraction of sp³-hybridized carbons (Fsp3) is 0.0417. The van der Waals surface area contributed by atoms with Crippen molar-refractivity contribution < 1.29 is 14.5 Å². The van der Waals surface area contributed by atoms with Crippen molar-refractivity contribution in [3.63, 3.8) is 0 Å². The normalized spacial score (nSPS) is 17.4. The van der Waals surface area contributed by atoms with Gasteiger partial charge in [-0.1, -0.05) is 66.7 Å². The predicted molar refractivity (Wildman–Crippen MR) is 113 cm³/mol. The number of hydrogen-bond acceptors (Lipinski definition) is 5. The molecule has 1 heterocycles. The first-order valence-electron chi connectivity index (χ1n) is 9.42. The van der Waals surface area contributed by atoms with Crippen LogP contribution in [0.2, 0.25) is 0 Å². The average molecular weight is 396 g/mol. The van der Waals surface area contributed by atoms with E-state index in [1.54, 1.807) is 18.2 Å². The summed E-state index contributed by atoms with van der Waals surface area (Å²) in [5, 5.41) is 16.3. The molecule has 4 aromatic rings. The second kappa shape index (κ2) is 6.70. The van der Waals surface area contributed by atoms with Gasteiger partial charge in [-0.3, -0.25) is 10.1 Å². The summed E-state index contributed by atoms with van der Waals surface area (Å²) in [5.74, 6) is -0.457. The summed E-state index contributed by atoms with van der Waals surface area (Å²) < 4.78 is 6.06. The minimum atomic E-state index is -1.33. The molecule has 0 fully saturated rings. The minimum absolute atomic E-state index is 0.0519. The number of non-ortho nitro benzene ring substituents is 1. The lowest BCUT2D eigenvalue weighted by atomic mass is 9.85. The molecule has 1 atom stereocenters. The van der Waals surface area contributed by atoms with Crippen LogP contribution in [0.25, 0.3) is 10.8 Å². The third-order valence-corrected chi connectivity index (χ3v) is 5.31. The highest BCUT2D eigenvalue weighted by Gasteiger charge is 2.44. The molecular formula is C24H16N2O4. The molecular weight excluding hydrogens is 380 g/mol. The zero-order chi connectivity index (χ0) is 20.7. The summed E-state index contributed by atoms with van der Waals surface area (Å²) in [6.07, 6.45) is 0. The van der Waals surface area contributed by atoms with E-state index in [9.17, 15) is 14.9 Å². The smallest absolute Gasteiger partial charge is 0.341 e. The van der Waals surface area contributed by atoms with Crippen LogP contribution in [0.5, 0.6) is 0 Å². The van der Waals surface area contributed by atoms with Crippen LogP contribution >= 0.6 is 0 Å². The van der Waals surface area contributed by atoms with Gasteiger partial charge in [-0.15, -0.1) is 0 Å². The van der Waals surface area contributed by atoms with Gasteiger partial charge in [-0.05, 0) is 17.5 Å². The van der Waals surface area contributed by atoms with Gasteiger partial charge >= 0.3 is 5.97 Å². The number of hydrogen-bond donors (Lipinski definition) is 1. The maximum Gasteiger partial charge on any atom is 0.341 e. The molecule has 0 saturated heterocycles. The molecule has 30 heavy (non-hydrogen) atoms. The van der Waals surface area contributed by atoms with Gasteiger partial charge < -0.3 is 10.1 Å². The highest BCUT2D eigenvalue weighted by molar-refractivity contribution is 6.08. The number of nitro benzene ring substituents is 1. The number of cyclic esters (lactones) is 1. The number of ether oxygens (including phenoxy) is 1. The molecule has 6 heteroatoms. The maximum atomic E-state index is 13.1. The zero-order valence-corrected chi connectivity index (χ0v) is 15.7. The molecule has 146 valence electrons. The van der Waals surface area contributed by atoms with Crippen LogP contribution in [0, 0.1) is 10.1 Å². The molecule has 0 amide bonds. The Balaban J connectivity index is 1.79. The highest BCUT2D eigenvalue weighted by Crippen LogP contribution is 2.44. The van der Waals surface area contributed by atoms with Crippen molar-refractivity contribution in [2.45, 2.75) is 5.72 Å². The number of rotatable bonds is 4. The lowest BCUT2D eigenvalue weighted by Crippen LogP contribution is -2.44. The van der Waals surface area contributed by atoms with Gasteiger partial charge in [-0.25, -0.2) is 4.79 Å². The van der Waals surface area contributed by atoms with Gasteiger partial charge in [-0.2, -0.15) is 0 Å². The summed E-state index contributed by atoms with van der Waals surface area (Å²) in [4.78, 5) is 23.9. The first-order valence-corrected chi connectivity index (χ1v) is 9.42. The van der Waals surface area contributed by atoms with Crippen molar-refractivity contribution in [2.24, 2.45) is 0 Å². The molecule has 4 aromatic carbocycles. The summed E-state index contributed by atoms with van der Waals surface area (Å²) >= 11 is 0. The Morgan fingerprint density at radius 1 is 0.867 bits per heavy atom. The molecule has 1 N–H and O–H groups in total. The Bertz CT molecular complexity index is 1300. The Labute approximate surface area is 171 Å². The monoisotopic (exact) mass is 396 g/mol. The SMILES string of the molecule is O=C1OC(Nc2cccc([N+](=O)[O-])c2)(c2ccccc2)c2cccc3cccc1c23. The van der Waals surface area contributed by atoms with E-state index in [1.165, 1.54) is 12.1 Å². The van der Waals surface area contributed by atoms with E-state index in [-0.39, 0.29) is 5.69 Å². The van der Waals surface area contributed by atoms with Crippen molar-refractivity contribution in [2.75, 3.05) is 5.32 Å². The first-order chi connectivity index (χ1) is 14.6. The summed E-state index contributed by atoms with van der Waals surface area (Å²) in [6, 6.07) is 26.8. The van der Waals surface area contributed by atoms with Gasteiger partial charge in [0.15, 0.2) is 0 Å². The quantitative estimate of drug-likeness (QED) is 0.290. The standard InChI is InChI=1S/C24H16N2O4/c27-23-20-13-4-7-16-8-5-14-21(22(16)20)24(30-23,17-9-2-1-3-10-17)25-18-11-6-12-19(15-18)26(28)29/h1-15,25H. The van der Waals surface area contributed by atoms with E-state index < -0.39 is 16.6 Å². The van der Waals surface area contributed by atoms with Gasteiger partial charge in [0.2, 0.25) is 5.72 Å². The Morgan fingerprint density at radius 3 is 2.37 bits per heavy atom. The summed E-state index contributed by atoms with van der Waals surface area (Å²) in [5.41, 5.74) is 1.07. The molecule has 5 rings (SSSR count). The number of anilines is 1. The van der Waals surface area contributed by atoms with Crippen LogP contribution in [0.1, 0.15) is 21.5 Å². The molecule has 0 aliphatic carbocycles. The summed E-state index contributed by atoms with van der Waals surface area (Å²) in [6.45, 7) is 0. The minimum Gasteiger partial charge on any atom is -0.427 e. The number of carbonyl (C=O) groups is 1. The van der Waals surface area contributed by atoms with E-state index in [4.69, 9.17) is 4.74 Å². The van der Waals surface area contributed by atoms with Crippen molar-refractivity contribution >= 4 is 28.1 Å². The van der Waals surface area contributed by atoms with Gasteiger partial charge in [0, 0.05) is 34.3 Å². The van der Waals surface area contributed by atoms with Gasteiger partial charge in [0.1, 0.15) is 0 Å². The molecule has 0 saturated carbocycles. The van der Waals surface area contributed by atoms with Crippen molar-refractivity contribution in [3.05, 3.63) is 118 Å². The second-order valence-electron chi connectivity index (χ2n) is 7.08. The fourth-order valence-corrected chi connectivity index (χ4v) is 4.01. The Hall–Kier alpha value is -4.19. The van der Waals surface area contributed by atoms with Crippen molar-refractivity contribution in [3.8, 4) is 0 Å². The van der Waals surface area contributed by atoms with Crippen LogP contribution in [0.4, 0.5) is 11.4 Å². The number of carbonyl (C=O) groups excluding carboxylic acids is 1. The van der Waals surface area contributed by atoms with Crippen molar-refractivity contribution in [1.29, 1.82) is 0 Å². The molecule has 1 aliphatic rings. The molecule has 0 aromatic heterocycles. The third-order valence-electron chi connectivity index (χ3n) is 5.31. The fourth-order valence-electron chi connectivity index (χ4n) is 4.01. The van der Waals surface area contributed by atoms with Crippen LogP contribution in [-0.4, -0.2) is 10.9 Å². The molecule has 6 nitrogen and oxygen atoms in total. The van der Waals surface area contributed by atoms with E-state index in [0.29, 0.717) is 16.8 Å². The lowest BCUT2D eigenvalue weighted by molar-refractivity contribution is -0.384. The van der Waals surface area contributed by atoms with E-state index in [1.807, 2.05) is 60.7 Å². The highest BCUT2D eigenvalue weighted by atomic mass is 16.6. The average Bonchev–Trinajstić information content (AvgIpc) is 2.78. The maximum absolute atomic E-state index is 13.1. The second-order valence-corrected chi connectivity index (χ2v) is 7.08. The number of nitrogens with one attached hydrogen (secondary N) is 1. The number of nitro groups is 1. The van der Waals surface area contributed by atoms with Crippen molar-refractivity contribution in [1.82, 2.24) is 0 Å². The predicted octanol–water partition coefficient (Wildman–Crippen LogP) is 5.23. The Morgan fingerprint density at radius 2 is 1.60 bits per heavy atom. The zero-order valence-electron chi connectivity index (χ0n) is 15.7. The molecule has 0 radical (unpaired) electrons. The Kier molecular flexibility index (Phi) is 3.99. The van der Waals surface area contributed by atoms with E-state index in [0.717, 1.165) is 16.3 Å². The largest absolute Gasteiger partial charge is 0.427 e. The number of esters is 1.